The molecule has 3 nitrogen and oxygen atoms in total. The van der Waals surface area contributed by atoms with Gasteiger partial charge < -0.3 is 10.1 Å². The summed E-state index contributed by atoms with van der Waals surface area (Å²) >= 11 is 0. The Morgan fingerprint density at radius 1 is 1.35 bits per heavy atom. The second kappa shape index (κ2) is 8.06. The highest BCUT2D eigenvalue weighted by atomic mass is 16.5. The summed E-state index contributed by atoms with van der Waals surface area (Å²) in [7, 11) is 0. The van der Waals surface area contributed by atoms with E-state index in [0.717, 1.165) is 26.2 Å². The predicted molar refractivity (Wildman–Crippen MR) is 73.4 cm³/mol. The molecule has 0 spiro atoms. The fraction of sp³-hybridized carbons (Fsp3) is 1.00. The Kier molecular flexibility index (Phi) is 7.09. The highest BCUT2D eigenvalue weighted by Crippen LogP contribution is 2.19. The normalized spacial score (nSPS) is 25.8. The highest BCUT2D eigenvalue weighted by Gasteiger charge is 2.26. The molecule has 1 aliphatic heterocycles. The van der Waals surface area contributed by atoms with E-state index in [1.54, 1.807) is 0 Å². The zero-order valence-electron chi connectivity index (χ0n) is 12.0. The molecule has 0 aromatic heterocycles. The maximum atomic E-state index is 5.77. The summed E-state index contributed by atoms with van der Waals surface area (Å²) in [6.07, 6.45) is 2.98. The lowest BCUT2D eigenvalue weighted by Crippen LogP contribution is -2.48. The molecule has 1 aliphatic rings. The van der Waals surface area contributed by atoms with Crippen molar-refractivity contribution in [1.82, 2.24) is 10.2 Å². The molecular formula is C14H30N2O. The van der Waals surface area contributed by atoms with Gasteiger partial charge in [-0.2, -0.15) is 0 Å². The third kappa shape index (κ3) is 4.94. The SMILES string of the molecule is CCNCC(C)C(C)N1CCCC(OCC)C1. The van der Waals surface area contributed by atoms with Crippen molar-refractivity contribution in [3.63, 3.8) is 0 Å². The van der Waals surface area contributed by atoms with Crippen LogP contribution in [0, 0.1) is 5.92 Å². The fourth-order valence-corrected chi connectivity index (χ4v) is 2.61. The number of nitrogens with one attached hydrogen (secondary N) is 1. The minimum absolute atomic E-state index is 0.461. The fourth-order valence-electron chi connectivity index (χ4n) is 2.61. The third-order valence-corrected chi connectivity index (χ3v) is 3.93. The lowest BCUT2D eigenvalue weighted by atomic mass is 9.98. The standard InChI is InChI=1S/C14H30N2O/c1-5-15-10-12(3)13(4)16-9-7-8-14(11-16)17-6-2/h12-15H,5-11H2,1-4H3. The van der Waals surface area contributed by atoms with Crippen molar-refractivity contribution in [2.45, 2.75) is 52.7 Å². The van der Waals surface area contributed by atoms with Crippen molar-refractivity contribution in [1.29, 1.82) is 0 Å². The van der Waals surface area contributed by atoms with Crippen molar-refractivity contribution < 1.29 is 4.74 Å². The van der Waals surface area contributed by atoms with Crippen molar-refractivity contribution >= 4 is 0 Å². The summed E-state index contributed by atoms with van der Waals surface area (Å²) < 4.78 is 5.77. The molecule has 1 saturated heterocycles. The van der Waals surface area contributed by atoms with Gasteiger partial charge in [-0.15, -0.1) is 0 Å². The molecule has 17 heavy (non-hydrogen) atoms. The number of likely N-dealkylation sites (tertiary alicyclic amines) is 1. The number of piperidine rings is 1. The van der Waals surface area contributed by atoms with Crippen LogP contribution < -0.4 is 5.32 Å². The van der Waals surface area contributed by atoms with E-state index >= 15 is 0 Å². The second-order valence-corrected chi connectivity index (χ2v) is 5.24. The van der Waals surface area contributed by atoms with E-state index in [9.17, 15) is 0 Å². The molecule has 3 unspecified atom stereocenters. The monoisotopic (exact) mass is 242 g/mol. The quantitative estimate of drug-likeness (QED) is 0.740. The summed E-state index contributed by atoms with van der Waals surface area (Å²) in [5.74, 6) is 0.704. The summed E-state index contributed by atoms with van der Waals surface area (Å²) in [5, 5.41) is 3.45. The first kappa shape index (κ1) is 14.9. The number of nitrogens with zero attached hydrogens (tertiary/aromatic N) is 1. The van der Waals surface area contributed by atoms with Crippen LogP contribution in [0.5, 0.6) is 0 Å². The molecule has 3 atom stereocenters. The van der Waals surface area contributed by atoms with Gasteiger partial charge in [-0.25, -0.2) is 0 Å². The van der Waals surface area contributed by atoms with Crippen LogP contribution in [-0.2, 0) is 4.74 Å². The Labute approximate surface area is 107 Å². The molecular weight excluding hydrogens is 212 g/mol. The first-order valence-electron chi connectivity index (χ1n) is 7.25. The Hall–Kier alpha value is -0.120. The molecule has 0 radical (unpaired) electrons. The molecule has 0 saturated carbocycles. The minimum atomic E-state index is 0.461. The zero-order valence-corrected chi connectivity index (χ0v) is 12.0. The Bertz CT molecular complexity index is 197. The lowest BCUT2D eigenvalue weighted by Gasteiger charge is -2.39. The van der Waals surface area contributed by atoms with Gasteiger partial charge >= 0.3 is 0 Å². The van der Waals surface area contributed by atoms with E-state index in [2.05, 4.69) is 37.9 Å². The van der Waals surface area contributed by atoms with E-state index in [1.165, 1.54) is 19.4 Å². The van der Waals surface area contributed by atoms with Gasteiger partial charge in [0.25, 0.3) is 0 Å². The van der Waals surface area contributed by atoms with Crippen LogP contribution in [0.25, 0.3) is 0 Å². The average molecular weight is 242 g/mol. The number of hydrogen-bond donors (Lipinski definition) is 1. The first-order chi connectivity index (χ1) is 8.19. The Morgan fingerprint density at radius 3 is 2.76 bits per heavy atom. The van der Waals surface area contributed by atoms with Gasteiger partial charge in [-0.1, -0.05) is 13.8 Å². The van der Waals surface area contributed by atoms with E-state index < -0.39 is 0 Å². The van der Waals surface area contributed by atoms with Crippen LogP contribution in [0.2, 0.25) is 0 Å². The van der Waals surface area contributed by atoms with Crippen LogP contribution >= 0.6 is 0 Å². The Balaban J connectivity index is 2.36. The molecule has 1 fully saturated rings. The van der Waals surface area contributed by atoms with Crippen molar-refractivity contribution in [2.75, 3.05) is 32.8 Å². The zero-order chi connectivity index (χ0) is 12.7. The highest BCUT2D eigenvalue weighted by molar-refractivity contribution is 4.80. The molecule has 0 aromatic carbocycles. The van der Waals surface area contributed by atoms with E-state index in [1.807, 2.05) is 0 Å². The Morgan fingerprint density at radius 2 is 2.12 bits per heavy atom. The van der Waals surface area contributed by atoms with Gasteiger partial charge in [-0.3, -0.25) is 4.90 Å². The number of rotatable bonds is 7. The van der Waals surface area contributed by atoms with Gasteiger partial charge in [0.15, 0.2) is 0 Å². The molecule has 1 N–H and O–H groups in total. The maximum absolute atomic E-state index is 5.77. The van der Waals surface area contributed by atoms with E-state index in [-0.39, 0.29) is 0 Å². The third-order valence-electron chi connectivity index (χ3n) is 3.93. The first-order valence-corrected chi connectivity index (χ1v) is 7.25. The van der Waals surface area contributed by atoms with Crippen LogP contribution in [-0.4, -0.2) is 49.8 Å². The molecule has 0 aromatic rings. The van der Waals surface area contributed by atoms with E-state index in [4.69, 9.17) is 4.74 Å². The van der Waals surface area contributed by atoms with Gasteiger partial charge in [-0.05, 0) is 52.2 Å². The van der Waals surface area contributed by atoms with Crippen LogP contribution in [0.1, 0.15) is 40.5 Å². The number of hydrogen-bond acceptors (Lipinski definition) is 3. The molecule has 0 amide bonds. The van der Waals surface area contributed by atoms with Crippen molar-refractivity contribution in [3.05, 3.63) is 0 Å². The minimum Gasteiger partial charge on any atom is -0.377 e. The molecule has 0 aliphatic carbocycles. The van der Waals surface area contributed by atoms with Gasteiger partial charge in [0.05, 0.1) is 6.10 Å². The summed E-state index contributed by atoms with van der Waals surface area (Å²) in [6, 6.07) is 0.650. The van der Waals surface area contributed by atoms with Crippen molar-refractivity contribution in [2.24, 2.45) is 5.92 Å². The number of ether oxygens (including phenoxy) is 1. The van der Waals surface area contributed by atoms with Gasteiger partial charge in [0, 0.05) is 19.2 Å². The molecule has 1 heterocycles. The summed E-state index contributed by atoms with van der Waals surface area (Å²) in [5.41, 5.74) is 0. The summed E-state index contributed by atoms with van der Waals surface area (Å²) in [6.45, 7) is 14.4. The average Bonchev–Trinajstić information content (AvgIpc) is 2.35. The second-order valence-electron chi connectivity index (χ2n) is 5.24. The van der Waals surface area contributed by atoms with Crippen LogP contribution in [0.4, 0.5) is 0 Å². The van der Waals surface area contributed by atoms with Crippen LogP contribution in [0.15, 0.2) is 0 Å². The van der Waals surface area contributed by atoms with Crippen molar-refractivity contribution in [3.8, 4) is 0 Å². The van der Waals surface area contributed by atoms with E-state index in [0.29, 0.717) is 18.1 Å². The topological polar surface area (TPSA) is 24.5 Å². The maximum Gasteiger partial charge on any atom is 0.0702 e. The molecule has 3 heteroatoms. The molecule has 0 bridgehead atoms. The summed E-state index contributed by atoms with van der Waals surface area (Å²) in [4.78, 5) is 2.60. The predicted octanol–water partition coefficient (Wildman–Crippen LogP) is 2.12. The van der Waals surface area contributed by atoms with Gasteiger partial charge in [0.1, 0.15) is 0 Å². The molecule has 102 valence electrons. The largest absolute Gasteiger partial charge is 0.377 e. The van der Waals surface area contributed by atoms with Gasteiger partial charge in [0.2, 0.25) is 0 Å². The van der Waals surface area contributed by atoms with Crippen LogP contribution in [0.3, 0.4) is 0 Å². The molecule has 1 rings (SSSR count). The lowest BCUT2D eigenvalue weighted by molar-refractivity contribution is -0.0119. The smallest absolute Gasteiger partial charge is 0.0702 e.